The lowest BCUT2D eigenvalue weighted by Crippen LogP contribution is -2.12. The number of alkyl halides is 2. The Morgan fingerprint density at radius 1 is 1.15 bits per heavy atom. The number of rotatable bonds is 5. The van der Waals surface area contributed by atoms with Gasteiger partial charge < -0.3 is 10.1 Å². The Kier molecular flexibility index (Phi) is 5.50. The van der Waals surface area contributed by atoms with Crippen LogP contribution in [0.15, 0.2) is 28.7 Å². The van der Waals surface area contributed by atoms with E-state index >= 15 is 0 Å². The molecule has 5 nitrogen and oxygen atoms in total. The molecule has 0 aliphatic carbocycles. The fraction of sp³-hybridized carbons (Fsp3) is 0.278. The molecule has 1 unspecified atom stereocenters. The highest BCUT2D eigenvalue weighted by atomic mass is 79.9. The van der Waals surface area contributed by atoms with E-state index in [1.54, 1.807) is 19.9 Å². The fourth-order valence-electron chi connectivity index (χ4n) is 2.73. The van der Waals surface area contributed by atoms with Crippen LogP contribution in [0.3, 0.4) is 0 Å². The normalized spacial score (nSPS) is 12.4. The first-order valence-electron chi connectivity index (χ1n) is 8.03. The third-order valence-corrected chi connectivity index (χ3v) is 4.59. The minimum atomic E-state index is -2.88. The van der Waals surface area contributed by atoms with E-state index in [2.05, 4.69) is 36.2 Å². The van der Waals surface area contributed by atoms with Crippen LogP contribution in [0.2, 0.25) is 0 Å². The van der Waals surface area contributed by atoms with Gasteiger partial charge in [0.1, 0.15) is 17.5 Å². The largest absolute Gasteiger partial charge is 0.480 e. The van der Waals surface area contributed by atoms with E-state index in [-0.39, 0.29) is 5.56 Å². The van der Waals surface area contributed by atoms with Gasteiger partial charge in [-0.3, -0.25) is 0 Å². The molecule has 1 aromatic carbocycles. The van der Waals surface area contributed by atoms with E-state index in [9.17, 15) is 13.2 Å². The van der Waals surface area contributed by atoms with E-state index < -0.39 is 23.8 Å². The second-order valence-corrected chi connectivity index (χ2v) is 6.74. The summed E-state index contributed by atoms with van der Waals surface area (Å²) in [6, 6.07) is 5.08. The lowest BCUT2D eigenvalue weighted by Gasteiger charge is -2.18. The Morgan fingerprint density at radius 3 is 2.52 bits per heavy atom. The Labute approximate surface area is 162 Å². The van der Waals surface area contributed by atoms with Gasteiger partial charge in [-0.05, 0) is 35.8 Å². The molecule has 9 heteroatoms. The van der Waals surface area contributed by atoms with E-state index in [0.717, 1.165) is 6.07 Å². The molecule has 3 aromatic rings. The van der Waals surface area contributed by atoms with Gasteiger partial charge in [0.2, 0.25) is 5.88 Å². The molecule has 1 atom stereocenters. The molecule has 0 saturated carbocycles. The second kappa shape index (κ2) is 7.67. The van der Waals surface area contributed by atoms with Crippen LogP contribution >= 0.6 is 15.9 Å². The second-order valence-electron chi connectivity index (χ2n) is 5.89. The van der Waals surface area contributed by atoms with Gasteiger partial charge in [0.05, 0.1) is 28.6 Å². The highest BCUT2D eigenvalue weighted by molar-refractivity contribution is 9.10. The molecular weight excluding hydrogens is 425 g/mol. The predicted octanol–water partition coefficient (Wildman–Crippen LogP) is 5.35. The molecule has 2 heterocycles. The molecule has 27 heavy (non-hydrogen) atoms. The number of aromatic nitrogens is 3. The van der Waals surface area contributed by atoms with E-state index in [4.69, 9.17) is 4.74 Å². The lowest BCUT2D eigenvalue weighted by molar-refractivity contribution is 0.146. The zero-order chi connectivity index (χ0) is 19.7. The monoisotopic (exact) mass is 440 g/mol. The Bertz CT molecular complexity index is 1000. The fourth-order valence-corrected chi connectivity index (χ4v) is 3.21. The zero-order valence-corrected chi connectivity index (χ0v) is 16.3. The van der Waals surface area contributed by atoms with Crippen molar-refractivity contribution >= 4 is 32.8 Å². The highest BCUT2D eigenvalue weighted by Crippen LogP contribution is 2.32. The molecule has 2 aromatic heterocycles. The molecule has 142 valence electrons. The molecule has 0 spiro atoms. The van der Waals surface area contributed by atoms with Gasteiger partial charge in [0, 0.05) is 5.56 Å². The first-order valence-corrected chi connectivity index (χ1v) is 8.83. The highest BCUT2D eigenvalue weighted by Gasteiger charge is 2.21. The molecule has 0 radical (unpaired) electrons. The number of aryl methyl sites for hydroxylation is 1. The molecule has 1 N–H and O–H groups in total. The van der Waals surface area contributed by atoms with Crippen LogP contribution in [-0.4, -0.2) is 22.1 Å². The molecule has 0 saturated heterocycles. The van der Waals surface area contributed by atoms with Crippen molar-refractivity contribution in [3.63, 3.8) is 0 Å². The minimum Gasteiger partial charge on any atom is -0.480 e. The summed E-state index contributed by atoms with van der Waals surface area (Å²) in [5.74, 6) is 0.317. The van der Waals surface area contributed by atoms with Crippen LogP contribution in [0.5, 0.6) is 5.88 Å². The third-order valence-electron chi connectivity index (χ3n) is 4.03. The summed E-state index contributed by atoms with van der Waals surface area (Å²) in [6.07, 6.45) is -2.88. The molecule has 0 bridgehead atoms. The number of ether oxygens (including phenoxy) is 1. The quantitative estimate of drug-likeness (QED) is 0.578. The number of pyridine rings is 1. The van der Waals surface area contributed by atoms with E-state index in [1.165, 1.54) is 19.2 Å². The van der Waals surface area contributed by atoms with Gasteiger partial charge in [0.15, 0.2) is 5.65 Å². The molecule has 0 amide bonds. The smallest absolute Gasteiger partial charge is 0.266 e. The summed E-state index contributed by atoms with van der Waals surface area (Å²) in [5.41, 5.74) is -0.101. The van der Waals surface area contributed by atoms with Gasteiger partial charge in [-0.15, -0.1) is 0 Å². The maximum atomic E-state index is 14.4. The van der Waals surface area contributed by atoms with Crippen molar-refractivity contribution in [1.29, 1.82) is 0 Å². The summed E-state index contributed by atoms with van der Waals surface area (Å²) in [5, 5.41) is 3.66. The van der Waals surface area contributed by atoms with Crippen LogP contribution in [-0.2, 0) is 0 Å². The first-order chi connectivity index (χ1) is 12.8. The number of hydrogen-bond acceptors (Lipinski definition) is 5. The Morgan fingerprint density at radius 2 is 1.85 bits per heavy atom. The zero-order valence-electron chi connectivity index (χ0n) is 14.7. The maximum absolute atomic E-state index is 14.4. The molecule has 0 aliphatic rings. The molecule has 3 rings (SSSR count). The predicted molar refractivity (Wildman–Crippen MR) is 99.7 cm³/mol. The Hall–Kier alpha value is -2.42. The van der Waals surface area contributed by atoms with Crippen LogP contribution in [0.25, 0.3) is 11.0 Å². The van der Waals surface area contributed by atoms with Crippen LogP contribution in [0, 0.1) is 12.7 Å². The first kappa shape index (κ1) is 19.3. The van der Waals surface area contributed by atoms with E-state index in [1.807, 2.05) is 0 Å². The SMILES string of the molecule is COc1nc2nc(C)nc(NC(C)c3cccc(C(F)F)c3F)c2cc1Br. The number of nitrogens with zero attached hydrogens (tertiary/aromatic N) is 3. The van der Waals surface area contributed by atoms with Crippen LogP contribution in [0.4, 0.5) is 19.0 Å². The van der Waals surface area contributed by atoms with Crippen molar-refractivity contribution in [2.75, 3.05) is 12.4 Å². The average Bonchev–Trinajstić information content (AvgIpc) is 2.61. The van der Waals surface area contributed by atoms with Gasteiger partial charge in [-0.2, -0.15) is 4.98 Å². The third kappa shape index (κ3) is 3.83. The number of anilines is 1. The Balaban J connectivity index is 2.04. The summed E-state index contributed by atoms with van der Waals surface area (Å²) in [6.45, 7) is 3.37. The molecule has 0 fully saturated rings. The maximum Gasteiger partial charge on any atom is 0.266 e. The standard InChI is InChI=1S/C18H16BrF3N4O/c1-8(10-5-4-6-11(14(10)20)15(21)22)23-16-12-7-13(19)18(27-3)26-17(12)25-9(2)24-16/h4-8,15H,1-3H3,(H,23,24,25,26). The lowest BCUT2D eigenvalue weighted by atomic mass is 10.0. The van der Waals surface area contributed by atoms with Crippen molar-refractivity contribution in [3.05, 3.63) is 51.5 Å². The summed E-state index contributed by atoms with van der Waals surface area (Å²) in [4.78, 5) is 13.0. The summed E-state index contributed by atoms with van der Waals surface area (Å²) in [7, 11) is 1.49. The number of benzene rings is 1. The van der Waals surface area contributed by atoms with Gasteiger partial charge in [0.25, 0.3) is 6.43 Å². The van der Waals surface area contributed by atoms with Gasteiger partial charge in [-0.1, -0.05) is 18.2 Å². The summed E-state index contributed by atoms with van der Waals surface area (Å²) >= 11 is 3.36. The van der Waals surface area contributed by atoms with Gasteiger partial charge in [-0.25, -0.2) is 23.1 Å². The van der Waals surface area contributed by atoms with Crippen molar-refractivity contribution in [2.45, 2.75) is 26.3 Å². The van der Waals surface area contributed by atoms with Crippen LogP contribution in [0.1, 0.15) is 36.3 Å². The van der Waals surface area contributed by atoms with Crippen LogP contribution < -0.4 is 10.1 Å². The topological polar surface area (TPSA) is 59.9 Å². The minimum absolute atomic E-state index is 0.123. The van der Waals surface area contributed by atoms with Crippen molar-refractivity contribution in [3.8, 4) is 5.88 Å². The van der Waals surface area contributed by atoms with Crippen molar-refractivity contribution in [1.82, 2.24) is 15.0 Å². The number of methoxy groups -OCH3 is 1. The summed E-state index contributed by atoms with van der Waals surface area (Å²) < 4.78 is 46.2. The van der Waals surface area contributed by atoms with E-state index in [0.29, 0.717) is 33.0 Å². The average molecular weight is 441 g/mol. The number of halogens is 4. The number of hydrogen-bond donors (Lipinski definition) is 1. The van der Waals surface area contributed by atoms with Gasteiger partial charge >= 0.3 is 0 Å². The van der Waals surface area contributed by atoms with Crippen molar-refractivity contribution in [2.24, 2.45) is 0 Å². The molecule has 0 aliphatic heterocycles. The van der Waals surface area contributed by atoms with Crippen molar-refractivity contribution < 1.29 is 17.9 Å². The molecular formula is C18H16BrF3N4O. The number of fused-ring (bicyclic) bond motifs is 1. The number of nitrogens with one attached hydrogen (secondary N) is 1.